The van der Waals surface area contributed by atoms with E-state index in [0.29, 0.717) is 39.5 Å². The number of aromatic nitrogens is 3. The molecule has 2 heterocycles. The van der Waals surface area contributed by atoms with E-state index < -0.39 is 10.0 Å². The van der Waals surface area contributed by atoms with Crippen molar-refractivity contribution in [2.75, 3.05) is 11.0 Å². The van der Waals surface area contributed by atoms with Gasteiger partial charge in [0.1, 0.15) is 0 Å². The molecule has 0 saturated carbocycles. The summed E-state index contributed by atoms with van der Waals surface area (Å²) in [5, 5.41) is 11.9. The molecule has 0 aliphatic rings. The molecule has 0 amide bonds. The van der Waals surface area contributed by atoms with Crippen molar-refractivity contribution >= 4 is 15.7 Å². The lowest BCUT2D eigenvalue weighted by Crippen LogP contribution is -2.18. The first-order chi connectivity index (χ1) is 12.7. The molecule has 0 atom stereocenters. The smallest absolute Gasteiger partial charge is 0.280 e. The van der Waals surface area contributed by atoms with E-state index in [2.05, 4.69) is 14.8 Å². The van der Waals surface area contributed by atoms with Crippen LogP contribution in [-0.4, -0.2) is 29.4 Å². The maximum absolute atomic E-state index is 12.9. The molecule has 1 aromatic carbocycles. The molecule has 0 unspecified atom stereocenters. The minimum atomic E-state index is -3.42. The van der Waals surface area contributed by atoms with E-state index in [1.807, 2.05) is 6.07 Å². The number of hydrogen-bond donors (Lipinski definition) is 2. The molecular weight excluding hydrogens is 366 g/mol. The summed E-state index contributed by atoms with van der Waals surface area (Å²) in [6.07, 6.45) is 2.43. The van der Waals surface area contributed by atoms with Crippen LogP contribution in [0, 0.1) is 25.2 Å². The van der Waals surface area contributed by atoms with Gasteiger partial charge < -0.3 is 0 Å². The number of aryl methyl sites for hydroxylation is 2. The lowest BCUT2D eigenvalue weighted by molar-refractivity contribution is 0.606. The predicted molar refractivity (Wildman–Crippen MR) is 102 cm³/mol. The Hall–Kier alpha value is -3.38. The number of rotatable bonds is 4. The van der Waals surface area contributed by atoms with Crippen LogP contribution in [0.4, 0.5) is 5.69 Å². The summed E-state index contributed by atoms with van der Waals surface area (Å²) in [6, 6.07) is 10.4. The molecule has 0 spiro atoms. The van der Waals surface area contributed by atoms with Gasteiger partial charge in [-0.05, 0) is 43.2 Å². The third kappa shape index (κ3) is 3.75. The molecule has 0 fully saturated rings. The maximum atomic E-state index is 12.9. The van der Waals surface area contributed by atoms with Gasteiger partial charge in [0.05, 0.1) is 35.3 Å². The molecule has 2 N–H and O–H groups in total. The second-order valence-electron chi connectivity index (χ2n) is 6.17. The van der Waals surface area contributed by atoms with Crippen molar-refractivity contribution in [2.24, 2.45) is 0 Å². The molecule has 0 saturated heterocycles. The van der Waals surface area contributed by atoms with Crippen molar-refractivity contribution in [1.82, 2.24) is 14.8 Å². The Kier molecular flexibility index (Phi) is 4.59. The Bertz CT molecular complexity index is 1220. The Balaban J connectivity index is 2.05. The van der Waals surface area contributed by atoms with Crippen LogP contribution in [0.5, 0.6) is 0 Å². The monoisotopic (exact) mass is 383 g/mol. The lowest BCUT2D eigenvalue weighted by atomic mass is 10.1. The molecule has 0 bridgehead atoms. The fourth-order valence-corrected chi connectivity index (χ4v) is 3.34. The molecule has 2 aromatic heterocycles. The van der Waals surface area contributed by atoms with Crippen molar-refractivity contribution < 1.29 is 8.42 Å². The largest absolute Gasteiger partial charge is 0.293 e. The molecule has 138 valence electrons. The molecule has 0 aliphatic carbocycles. The highest BCUT2D eigenvalue weighted by atomic mass is 32.2. The Morgan fingerprint density at radius 1 is 1.22 bits per heavy atom. The standard InChI is InChI=1S/C18H17N5O3S/c1-11-8-16(20-10-15(11)22-27(3,25)26)23-18(24)17(12(2)21-23)14-6-4-13(9-19)5-7-14/h4-8,10,21-22H,1-3H3. The Morgan fingerprint density at radius 2 is 1.89 bits per heavy atom. The lowest BCUT2D eigenvalue weighted by Gasteiger charge is -2.09. The van der Waals surface area contributed by atoms with Crippen LogP contribution >= 0.6 is 0 Å². The number of H-pyrrole nitrogens is 1. The number of nitriles is 1. The van der Waals surface area contributed by atoms with Gasteiger partial charge in [0.2, 0.25) is 10.0 Å². The van der Waals surface area contributed by atoms with Gasteiger partial charge in [-0.1, -0.05) is 12.1 Å². The quantitative estimate of drug-likeness (QED) is 0.714. The first kappa shape index (κ1) is 18.4. The van der Waals surface area contributed by atoms with Crippen LogP contribution in [-0.2, 0) is 10.0 Å². The van der Waals surface area contributed by atoms with E-state index in [1.165, 1.54) is 10.9 Å². The van der Waals surface area contributed by atoms with Gasteiger partial charge in [0, 0.05) is 5.69 Å². The van der Waals surface area contributed by atoms with E-state index in [1.54, 1.807) is 44.2 Å². The van der Waals surface area contributed by atoms with Crippen molar-refractivity contribution in [3.63, 3.8) is 0 Å². The highest BCUT2D eigenvalue weighted by molar-refractivity contribution is 7.92. The van der Waals surface area contributed by atoms with Gasteiger partial charge in [-0.2, -0.15) is 5.26 Å². The molecule has 9 heteroatoms. The second kappa shape index (κ2) is 6.74. The fourth-order valence-electron chi connectivity index (χ4n) is 2.73. The summed E-state index contributed by atoms with van der Waals surface area (Å²) in [4.78, 5) is 17.1. The van der Waals surface area contributed by atoms with Gasteiger partial charge in [-0.15, -0.1) is 0 Å². The zero-order valence-corrected chi connectivity index (χ0v) is 15.8. The predicted octanol–water partition coefficient (Wildman–Crippen LogP) is 2.09. The SMILES string of the molecule is Cc1cc(-n2[nH]c(C)c(-c3ccc(C#N)cc3)c2=O)ncc1NS(C)(=O)=O. The third-order valence-electron chi connectivity index (χ3n) is 3.99. The highest BCUT2D eigenvalue weighted by Crippen LogP contribution is 2.21. The summed E-state index contributed by atoms with van der Waals surface area (Å²) >= 11 is 0. The summed E-state index contributed by atoms with van der Waals surface area (Å²) in [6.45, 7) is 3.50. The average molecular weight is 383 g/mol. The molecule has 3 rings (SSSR count). The van der Waals surface area contributed by atoms with Crippen LogP contribution in [0.3, 0.4) is 0 Å². The molecule has 0 radical (unpaired) electrons. The summed E-state index contributed by atoms with van der Waals surface area (Å²) in [5.41, 5.74) is 3.04. The number of aromatic amines is 1. The van der Waals surface area contributed by atoms with Crippen LogP contribution < -0.4 is 10.3 Å². The number of anilines is 1. The summed E-state index contributed by atoms with van der Waals surface area (Å²) < 4.78 is 26.5. The fraction of sp³-hybridized carbons (Fsp3) is 0.167. The first-order valence-electron chi connectivity index (χ1n) is 7.96. The van der Waals surface area contributed by atoms with Crippen LogP contribution in [0.15, 0.2) is 41.3 Å². The number of hydrogen-bond acceptors (Lipinski definition) is 5. The molecular formula is C18H17N5O3S. The first-order valence-corrected chi connectivity index (χ1v) is 9.85. The van der Waals surface area contributed by atoms with E-state index in [4.69, 9.17) is 5.26 Å². The molecule has 3 aromatic rings. The van der Waals surface area contributed by atoms with Crippen molar-refractivity contribution in [2.45, 2.75) is 13.8 Å². The average Bonchev–Trinajstić information content (AvgIpc) is 2.90. The third-order valence-corrected chi connectivity index (χ3v) is 4.59. The number of nitrogens with zero attached hydrogens (tertiary/aromatic N) is 3. The highest BCUT2D eigenvalue weighted by Gasteiger charge is 2.16. The molecule has 8 nitrogen and oxygen atoms in total. The zero-order chi connectivity index (χ0) is 19.8. The molecule has 0 aliphatic heterocycles. The van der Waals surface area contributed by atoms with Crippen molar-refractivity contribution in [1.29, 1.82) is 5.26 Å². The van der Waals surface area contributed by atoms with Crippen LogP contribution in [0.25, 0.3) is 16.9 Å². The summed E-state index contributed by atoms with van der Waals surface area (Å²) in [7, 11) is -3.42. The van der Waals surface area contributed by atoms with Crippen LogP contribution in [0.2, 0.25) is 0 Å². The number of benzene rings is 1. The normalized spacial score (nSPS) is 11.2. The van der Waals surface area contributed by atoms with Crippen LogP contribution in [0.1, 0.15) is 16.8 Å². The minimum absolute atomic E-state index is 0.284. The minimum Gasteiger partial charge on any atom is -0.293 e. The maximum Gasteiger partial charge on any atom is 0.280 e. The summed E-state index contributed by atoms with van der Waals surface area (Å²) in [5.74, 6) is 0.347. The van der Waals surface area contributed by atoms with E-state index in [-0.39, 0.29) is 5.56 Å². The van der Waals surface area contributed by atoms with Crippen molar-refractivity contribution in [3.05, 3.63) is 63.7 Å². The number of sulfonamides is 1. The number of nitrogens with one attached hydrogen (secondary N) is 2. The van der Waals surface area contributed by atoms with E-state index >= 15 is 0 Å². The Morgan fingerprint density at radius 3 is 2.44 bits per heavy atom. The Labute approximate surface area is 156 Å². The van der Waals surface area contributed by atoms with E-state index in [0.717, 1.165) is 6.26 Å². The molecule has 27 heavy (non-hydrogen) atoms. The van der Waals surface area contributed by atoms with Gasteiger partial charge in [-0.3, -0.25) is 14.6 Å². The zero-order valence-electron chi connectivity index (χ0n) is 14.9. The number of pyridine rings is 1. The van der Waals surface area contributed by atoms with E-state index in [9.17, 15) is 13.2 Å². The topological polar surface area (TPSA) is 121 Å². The van der Waals surface area contributed by atoms with Gasteiger partial charge in [0.15, 0.2) is 5.82 Å². The van der Waals surface area contributed by atoms with Gasteiger partial charge in [-0.25, -0.2) is 18.1 Å². The van der Waals surface area contributed by atoms with Crippen molar-refractivity contribution in [3.8, 4) is 23.0 Å². The van der Waals surface area contributed by atoms with Gasteiger partial charge >= 0.3 is 0 Å². The second-order valence-corrected chi connectivity index (χ2v) is 7.92. The van der Waals surface area contributed by atoms with Gasteiger partial charge in [0.25, 0.3) is 5.56 Å².